The van der Waals surface area contributed by atoms with Crippen molar-refractivity contribution in [2.75, 3.05) is 27.3 Å². The Hall–Kier alpha value is -2.16. The van der Waals surface area contributed by atoms with E-state index in [2.05, 4.69) is 15.6 Å². The smallest absolute Gasteiger partial charge is 0.191 e. The molecule has 0 fully saturated rings. The van der Waals surface area contributed by atoms with E-state index in [1.807, 2.05) is 51.1 Å². The van der Waals surface area contributed by atoms with E-state index in [1.165, 1.54) is 0 Å². The number of guanidine groups is 1. The number of methoxy groups -OCH3 is 2. The Bertz CT molecular complexity index is 802. The van der Waals surface area contributed by atoms with Crippen LogP contribution in [0.3, 0.4) is 0 Å². The monoisotopic (exact) mass is 513 g/mol. The highest BCUT2D eigenvalue weighted by Gasteiger charge is 2.06. The van der Waals surface area contributed by atoms with E-state index in [1.54, 1.807) is 14.2 Å². The molecule has 0 aromatic heterocycles. The summed E-state index contributed by atoms with van der Waals surface area (Å²) in [5, 5.41) is 16.5. The molecule has 29 heavy (non-hydrogen) atoms. The molecule has 2 aromatic carbocycles. The van der Waals surface area contributed by atoms with Crippen LogP contribution in [0.5, 0.6) is 17.2 Å². The van der Waals surface area contributed by atoms with Gasteiger partial charge in [0.1, 0.15) is 5.75 Å². The molecular weight excluding hydrogens is 481 g/mol. The number of phenols is 1. The quantitative estimate of drug-likeness (QED) is 0.283. The minimum atomic E-state index is 0. The Kier molecular flexibility index (Phi) is 10.6. The molecule has 3 N–H and O–H groups in total. The van der Waals surface area contributed by atoms with Gasteiger partial charge in [0.25, 0.3) is 0 Å². The van der Waals surface area contributed by atoms with Gasteiger partial charge in [0.2, 0.25) is 0 Å². The fraction of sp³-hybridized carbons (Fsp3) is 0.409. The molecule has 0 heterocycles. The molecule has 0 aliphatic heterocycles. The summed E-state index contributed by atoms with van der Waals surface area (Å²) in [4.78, 5) is 4.66. The predicted molar refractivity (Wildman–Crippen MR) is 129 cm³/mol. The normalized spacial score (nSPS) is 10.9. The second-order valence-corrected chi connectivity index (χ2v) is 6.64. The topological polar surface area (TPSA) is 75.1 Å². The SMILES string of the molecule is CCNC(=NCc1cc(C)c(O)c(C)c1)NCCc1ccc(OC)c(OC)c1.I. The first-order valence-corrected chi connectivity index (χ1v) is 9.50. The Morgan fingerprint density at radius 3 is 2.21 bits per heavy atom. The van der Waals surface area contributed by atoms with Crippen LogP contribution in [0.15, 0.2) is 35.3 Å². The van der Waals surface area contributed by atoms with Crippen molar-refractivity contribution in [2.24, 2.45) is 4.99 Å². The van der Waals surface area contributed by atoms with Gasteiger partial charge in [0.05, 0.1) is 20.8 Å². The highest BCUT2D eigenvalue weighted by molar-refractivity contribution is 14.0. The van der Waals surface area contributed by atoms with Gasteiger partial charge >= 0.3 is 0 Å². The molecule has 2 aromatic rings. The second kappa shape index (κ2) is 12.4. The molecule has 0 saturated heterocycles. The van der Waals surface area contributed by atoms with Crippen LogP contribution in [-0.2, 0) is 13.0 Å². The number of phenolic OH excluding ortho intramolecular Hbond substituents is 1. The Morgan fingerprint density at radius 1 is 0.966 bits per heavy atom. The van der Waals surface area contributed by atoms with E-state index in [-0.39, 0.29) is 24.0 Å². The Balaban J connectivity index is 0.00000420. The van der Waals surface area contributed by atoms with Crippen LogP contribution in [0.2, 0.25) is 0 Å². The van der Waals surface area contributed by atoms with Gasteiger partial charge in [0.15, 0.2) is 17.5 Å². The second-order valence-electron chi connectivity index (χ2n) is 6.64. The van der Waals surface area contributed by atoms with Gasteiger partial charge in [-0.2, -0.15) is 0 Å². The first kappa shape index (κ1) is 24.9. The van der Waals surface area contributed by atoms with Crippen molar-refractivity contribution in [3.8, 4) is 17.2 Å². The standard InChI is InChI=1S/C22H31N3O3.HI/c1-6-23-22(25-14-18-11-15(2)21(26)16(3)12-18)24-10-9-17-7-8-19(27-4)20(13-17)28-5;/h7-8,11-13,26H,6,9-10,14H2,1-5H3,(H2,23,24,25);1H. The number of nitrogens with zero attached hydrogens (tertiary/aromatic N) is 1. The number of halogens is 1. The molecule has 2 rings (SSSR count). The minimum absolute atomic E-state index is 0. The van der Waals surface area contributed by atoms with Crippen molar-refractivity contribution in [3.63, 3.8) is 0 Å². The lowest BCUT2D eigenvalue weighted by Crippen LogP contribution is -2.38. The van der Waals surface area contributed by atoms with Gasteiger partial charge in [-0.1, -0.05) is 18.2 Å². The summed E-state index contributed by atoms with van der Waals surface area (Å²) in [6.07, 6.45) is 0.836. The largest absolute Gasteiger partial charge is 0.507 e. The number of hydrogen-bond acceptors (Lipinski definition) is 4. The Labute approximate surface area is 190 Å². The lowest BCUT2D eigenvalue weighted by Gasteiger charge is -2.13. The van der Waals surface area contributed by atoms with Crippen LogP contribution in [0.25, 0.3) is 0 Å². The van der Waals surface area contributed by atoms with Crippen LogP contribution >= 0.6 is 24.0 Å². The molecule has 0 radical (unpaired) electrons. The summed E-state index contributed by atoms with van der Waals surface area (Å²) < 4.78 is 10.6. The fourth-order valence-electron chi connectivity index (χ4n) is 3.01. The molecule has 0 saturated carbocycles. The van der Waals surface area contributed by atoms with E-state index in [4.69, 9.17) is 9.47 Å². The average molecular weight is 513 g/mol. The number of nitrogens with one attached hydrogen (secondary N) is 2. The molecule has 0 amide bonds. The van der Waals surface area contributed by atoms with Crippen LogP contribution in [0.1, 0.15) is 29.2 Å². The molecule has 0 bridgehead atoms. The predicted octanol–water partition coefficient (Wildman–Crippen LogP) is 3.94. The third-order valence-electron chi connectivity index (χ3n) is 4.47. The molecule has 0 unspecified atom stereocenters. The molecule has 0 aliphatic rings. The molecule has 0 spiro atoms. The van der Waals surface area contributed by atoms with E-state index < -0.39 is 0 Å². The molecule has 6 nitrogen and oxygen atoms in total. The summed E-state index contributed by atoms with van der Waals surface area (Å²) in [6.45, 7) is 7.93. The third-order valence-corrected chi connectivity index (χ3v) is 4.47. The molecule has 160 valence electrons. The van der Waals surface area contributed by atoms with Crippen molar-refractivity contribution < 1.29 is 14.6 Å². The summed E-state index contributed by atoms with van der Waals surface area (Å²) in [5.74, 6) is 2.59. The fourth-order valence-corrected chi connectivity index (χ4v) is 3.01. The van der Waals surface area contributed by atoms with Crippen molar-refractivity contribution in [2.45, 2.75) is 33.7 Å². The maximum Gasteiger partial charge on any atom is 0.191 e. The summed E-state index contributed by atoms with van der Waals surface area (Å²) in [5.41, 5.74) is 3.98. The first-order chi connectivity index (χ1) is 13.5. The zero-order valence-corrected chi connectivity index (χ0v) is 20.2. The number of benzene rings is 2. The average Bonchev–Trinajstić information content (AvgIpc) is 2.69. The number of aryl methyl sites for hydroxylation is 2. The molecule has 0 aliphatic carbocycles. The number of aliphatic imine (C=N–C) groups is 1. The van der Waals surface area contributed by atoms with Crippen LogP contribution < -0.4 is 20.1 Å². The summed E-state index contributed by atoms with van der Waals surface area (Å²) in [6, 6.07) is 9.89. The highest BCUT2D eigenvalue weighted by atomic mass is 127. The van der Waals surface area contributed by atoms with E-state index in [9.17, 15) is 5.11 Å². The van der Waals surface area contributed by atoms with E-state index in [0.29, 0.717) is 12.3 Å². The van der Waals surface area contributed by atoms with Gasteiger partial charge in [-0.05, 0) is 61.6 Å². The van der Waals surface area contributed by atoms with Gasteiger partial charge < -0.3 is 25.2 Å². The van der Waals surface area contributed by atoms with Crippen LogP contribution in [-0.4, -0.2) is 38.4 Å². The number of hydrogen-bond donors (Lipinski definition) is 3. The molecular formula is C22H32IN3O3. The summed E-state index contributed by atoms with van der Waals surface area (Å²) >= 11 is 0. The zero-order valence-electron chi connectivity index (χ0n) is 17.8. The van der Waals surface area contributed by atoms with Gasteiger partial charge in [-0.15, -0.1) is 24.0 Å². The minimum Gasteiger partial charge on any atom is -0.507 e. The van der Waals surface area contributed by atoms with Gasteiger partial charge in [0, 0.05) is 13.1 Å². The van der Waals surface area contributed by atoms with E-state index >= 15 is 0 Å². The molecule has 7 heteroatoms. The van der Waals surface area contributed by atoms with Crippen molar-refractivity contribution in [1.82, 2.24) is 10.6 Å². The highest BCUT2D eigenvalue weighted by Crippen LogP contribution is 2.27. The van der Waals surface area contributed by atoms with Crippen molar-refractivity contribution in [3.05, 3.63) is 52.6 Å². The Morgan fingerprint density at radius 2 is 1.62 bits per heavy atom. The summed E-state index contributed by atoms with van der Waals surface area (Å²) in [7, 11) is 3.28. The van der Waals surface area contributed by atoms with Gasteiger partial charge in [-0.25, -0.2) is 4.99 Å². The lowest BCUT2D eigenvalue weighted by molar-refractivity contribution is 0.354. The molecule has 0 atom stereocenters. The van der Waals surface area contributed by atoms with Crippen molar-refractivity contribution >= 4 is 29.9 Å². The van der Waals surface area contributed by atoms with Crippen LogP contribution in [0, 0.1) is 13.8 Å². The van der Waals surface area contributed by atoms with E-state index in [0.717, 1.165) is 59.2 Å². The first-order valence-electron chi connectivity index (χ1n) is 9.50. The maximum atomic E-state index is 9.91. The third kappa shape index (κ3) is 7.30. The maximum absolute atomic E-state index is 9.91. The zero-order chi connectivity index (χ0) is 20.5. The van der Waals surface area contributed by atoms with Crippen molar-refractivity contribution in [1.29, 1.82) is 0 Å². The number of aromatic hydroxyl groups is 1. The lowest BCUT2D eigenvalue weighted by atomic mass is 10.1. The number of ether oxygens (including phenoxy) is 2. The van der Waals surface area contributed by atoms with Crippen LogP contribution in [0.4, 0.5) is 0 Å². The van der Waals surface area contributed by atoms with Gasteiger partial charge in [-0.3, -0.25) is 0 Å². The number of rotatable bonds is 8.